The molecule has 2 aromatic rings. The Hall–Kier alpha value is -2.73. The van der Waals surface area contributed by atoms with Gasteiger partial charge in [-0.05, 0) is 55.4 Å². The lowest BCUT2D eigenvalue weighted by molar-refractivity contribution is -0.126. The third-order valence-corrected chi connectivity index (χ3v) is 6.89. The summed E-state index contributed by atoms with van der Waals surface area (Å²) in [6.45, 7) is 3.17. The van der Waals surface area contributed by atoms with Crippen LogP contribution < -0.4 is 26.2 Å². The zero-order chi connectivity index (χ0) is 23.6. The van der Waals surface area contributed by atoms with Gasteiger partial charge in [0.25, 0.3) is 0 Å². The predicted octanol–water partition coefficient (Wildman–Crippen LogP) is 1.97. The van der Waals surface area contributed by atoms with Crippen molar-refractivity contribution < 1.29 is 18.0 Å². The van der Waals surface area contributed by atoms with Gasteiger partial charge in [-0.3, -0.25) is 20.4 Å². The first-order valence-electron chi connectivity index (χ1n) is 9.53. The zero-order valence-electron chi connectivity index (χ0n) is 17.3. The Kier molecular flexibility index (Phi) is 7.03. The average molecular weight is 496 g/mol. The van der Waals surface area contributed by atoms with Gasteiger partial charge in [0.05, 0.1) is 21.5 Å². The van der Waals surface area contributed by atoms with Crippen molar-refractivity contribution in [1.29, 1.82) is 0 Å². The number of hydrogen-bond acceptors (Lipinski definition) is 5. The zero-order valence-corrected chi connectivity index (χ0v) is 19.7. The number of nitrogens with two attached hydrogens (primary N) is 1. The van der Waals surface area contributed by atoms with Crippen molar-refractivity contribution in [3.8, 4) is 0 Å². The number of hydrogen-bond donors (Lipinski definition) is 4. The summed E-state index contributed by atoms with van der Waals surface area (Å²) in [5.41, 5.74) is 6.83. The molecule has 0 spiro atoms. The van der Waals surface area contributed by atoms with Crippen LogP contribution in [0.15, 0.2) is 41.3 Å². The number of carbonyl (C=O) groups excluding carboxylic acids is 2. The molecule has 1 fully saturated rings. The Morgan fingerprint density at radius 2 is 1.88 bits per heavy atom. The average Bonchev–Trinajstić information content (AvgIpc) is 3.10. The number of thiocarbonyl (C=S) groups is 1. The van der Waals surface area contributed by atoms with Crippen molar-refractivity contribution in [3.63, 3.8) is 0 Å². The van der Waals surface area contributed by atoms with Gasteiger partial charge in [0.15, 0.2) is 5.11 Å². The van der Waals surface area contributed by atoms with Gasteiger partial charge < -0.3 is 10.2 Å². The molecule has 1 aliphatic rings. The number of aryl methyl sites for hydroxylation is 1. The number of hydrazine groups is 1. The van der Waals surface area contributed by atoms with Gasteiger partial charge in [0.2, 0.25) is 21.8 Å². The Bertz CT molecular complexity index is 1190. The summed E-state index contributed by atoms with van der Waals surface area (Å²) < 4.78 is 23.7. The standard InChI is InChI=1S/C20H22ClN5O4S2/c1-11-8-15(17(21)12(2)18(11)32(22,29)30)26-10-13(9-16(26)27)19(28)24-25-20(31)23-14-6-4-3-5-7-14/h3-8,13H,9-10H2,1-2H3,(H,24,28)(H2,22,29,30)(H2,23,25,31). The van der Waals surface area contributed by atoms with Crippen LogP contribution in [0.4, 0.5) is 11.4 Å². The van der Waals surface area contributed by atoms with Gasteiger partial charge in [0, 0.05) is 18.7 Å². The van der Waals surface area contributed by atoms with Gasteiger partial charge in [-0.1, -0.05) is 29.8 Å². The minimum Gasteiger partial charge on any atom is -0.331 e. The van der Waals surface area contributed by atoms with Gasteiger partial charge >= 0.3 is 0 Å². The lowest BCUT2D eigenvalue weighted by Crippen LogP contribution is -2.46. The molecule has 0 aromatic heterocycles. The molecule has 2 aromatic carbocycles. The van der Waals surface area contributed by atoms with E-state index >= 15 is 0 Å². The Balaban J connectivity index is 1.68. The topological polar surface area (TPSA) is 134 Å². The summed E-state index contributed by atoms with van der Waals surface area (Å²) in [7, 11) is -3.98. The van der Waals surface area contributed by atoms with Crippen LogP contribution in [0.2, 0.25) is 5.02 Å². The summed E-state index contributed by atoms with van der Waals surface area (Å²) in [6.07, 6.45) is -0.0300. The van der Waals surface area contributed by atoms with Crippen LogP contribution in [0.3, 0.4) is 0 Å². The monoisotopic (exact) mass is 495 g/mol. The molecule has 0 saturated carbocycles. The number of primary sulfonamides is 1. The van der Waals surface area contributed by atoms with E-state index in [2.05, 4.69) is 16.2 Å². The number of carbonyl (C=O) groups is 2. The summed E-state index contributed by atoms with van der Waals surface area (Å²) in [5, 5.41) is 8.49. The van der Waals surface area contributed by atoms with E-state index in [4.69, 9.17) is 29.0 Å². The molecule has 0 bridgehead atoms. The maximum atomic E-state index is 12.6. The van der Waals surface area contributed by atoms with Crippen LogP contribution in [0, 0.1) is 19.8 Å². The smallest absolute Gasteiger partial charge is 0.243 e. The summed E-state index contributed by atoms with van der Waals surface area (Å²) >= 11 is 11.5. The molecule has 1 atom stereocenters. The van der Waals surface area contributed by atoms with Crippen LogP contribution in [-0.2, 0) is 19.6 Å². The Labute approximate surface area is 196 Å². The molecular formula is C20H22ClN5O4S2. The van der Waals surface area contributed by atoms with Crippen molar-refractivity contribution in [2.75, 3.05) is 16.8 Å². The molecule has 1 heterocycles. The highest BCUT2D eigenvalue weighted by Crippen LogP contribution is 2.37. The highest BCUT2D eigenvalue weighted by atomic mass is 35.5. The first kappa shape index (κ1) is 23.9. The second kappa shape index (κ2) is 9.41. The van der Waals surface area contributed by atoms with E-state index < -0.39 is 21.8 Å². The first-order valence-corrected chi connectivity index (χ1v) is 11.9. The number of para-hydroxylation sites is 1. The Morgan fingerprint density at radius 3 is 2.50 bits per heavy atom. The fourth-order valence-corrected chi connectivity index (χ4v) is 5.09. The molecule has 1 saturated heterocycles. The number of sulfonamides is 1. The van der Waals surface area contributed by atoms with E-state index in [-0.39, 0.29) is 39.5 Å². The molecule has 3 rings (SSSR count). The first-order chi connectivity index (χ1) is 15.0. The molecule has 0 radical (unpaired) electrons. The number of anilines is 2. The molecule has 2 amide bonds. The summed E-state index contributed by atoms with van der Waals surface area (Å²) in [6, 6.07) is 10.7. The molecule has 5 N–H and O–H groups in total. The van der Waals surface area contributed by atoms with E-state index in [0.717, 1.165) is 5.69 Å². The third-order valence-electron chi connectivity index (χ3n) is 5.01. The van der Waals surface area contributed by atoms with E-state index in [1.807, 2.05) is 30.3 Å². The van der Waals surface area contributed by atoms with Crippen LogP contribution >= 0.6 is 23.8 Å². The van der Waals surface area contributed by atoms with Crippen molar-refractivity contribution in [2.45, 2.75) is 25.2 Å². The minimum atomic E-state index is -3.98. The predicted molar refractivity (Wildman–Crippen MR) is 127 cm³/mol. The lowest BCUT2D eigenvalue weighted by atomic mass is 10.1. The molecule has 12 heteroatoms. The van der Waals surface area contributed by atoms with Crippen molar-refractivity contribution >= 4 is 62.1 Å². The quantitative estimate of drug-likeness (QED) is 0.376. The second-order valence-corrected chi connectivity index (χ2v) is 9.65. The minimum absolute atomic E-state index is 0.0300. The highest BCUT2D eigenvalue weighted by Gasteiger charge is 2.37. The SMILES string of the molecule is Cc1cc(N2CC(C(=O)NNC(=S)Nc3ccccc3)CC2=O)c(Cl)c(C)c1S(N)(=O)=O. The summed E-state index contributed by atoms with van der Waals surface area (Å²) in [4.78, 5) is 26.5. The van der Waals surface area contributed by atoms with Gasteiger partial charge in [-0.25, -0.2) is 13.6 Å². The van der Waals surface area contributed by atoms with Crippen molar-refractivity contribution in [2.24, 2.45) is 11.1 Å². The molecule has 170 valence electrons. The van der Waals surface area contributed by atoms with Crippen LogP contribution in [0.25, 0.3) is 0 Å². The fourth-order valence-electron chi connectivity index (χ4n) is 3.58. The van der Waals surface area contributed by atoms with Gasteiger partial charge in [-0.15, -0.1) is 0 Å². The van der Waals surface area contributed by atoms with E-state index in [1.54, 1.807) is 6.92 Å². The number of amides is 2. The van der Waals surface area contributed by atoms with Gasteiger partial charge in [0.1, 0.15) is 0 Å². The number of nitrogens with zero attached hydrogens (tertiary/aromatic N) is 1. The van der Waals surface area contributed by atoms with Crippen LogP contribution in [-0.4, -0.2) is 31.9 Å². The summed E-state index contributed by atoms with van der Waals surface area (Å²) in [5.74, 6) is -1.37. The molecular weight excluding hydrogens is 474 g/mol. The lowest BCUT2D eigenvalue weighted by Gasteiger charge is -2.22. The molecule has 32 heavy (non-hydrogen) atoms. The maximum absolute atomic E-state index is 12.6. The normalized spacial score (nSPS) is 16.1. The fraction of sp³-hybridized carbons (Fsp3) is 0.250. The number of nitrogens with one attached hydrogen (secondary N) is 3. The van der Waals surface area contributed by atoms with E-state index in [0.29, 0.717) is 11.3 Å². The largest absolute Gasteiger partial charge is 0.331 e. The van der Waals surface area contributed by atoms with Crippen molar-refractivity contribution in [1.82, 2.24) is 10.9 Å². The molecule has 1 aliphatic heterocycles. The van der Waals surface area contributed by atoms with Crippen LogP contribution in [0.5, 0.6) is 0 Å². The maximum Gasteiger partial charge on any atom is 0.243 e. The second-order valence-electron chi connectivity index (χ2n) is 7.37. The van der Waals surface area contributed by atoms with Crippen molar-refractivity contribution in [3.05, 3.63) is 52.5 Å². The van der Waals surface area contributed by atoms with Gasteiger partial charge in [-0.2, -0.15) is 0 Å². The number of halogens is 1. The number of rotatable bonds is 4. The molecule has 9 nitrogen and oxygen atoms in total. The van der Waals surface area contributed by atoms with Crippen LogP contribution in [0.1, 0.15) is 17.5 Å². The Morgan fingerprint density at radius 1 is 1.22 bits per heavy atom. The highest BCUT2D eigenvalue weighted by molar-refractivity contribution is 7.89. The van der Waals surface area contributed by atoms with E-state index in [1.165, 1.54) is 17.9 Å². The third kappa shape index (κ3) is 5.18. The molecule has 1 unspecified atom stereocenters. The number of benzene rings is 2. The van der Waals surface area contributed by atoms with E-state index in [9.17, 15) is 18.0 Å². The molecule has 0 aliphatic carbocycles.